The SMILES string of the molecule is CC1CCCCN1Cc1c(C(=O)NN=Cc2ccc([N+](=O)[O-])s2)nnn1-c1nonc1N. The van der Waals surface area contributed by atoms with Crippen LogP contribution in [0.3, 0.4) is 0 Å². The van der Waals surface area contributed by atoms with Crippen LogP contribution in [0.5, 0.6) is 0 Å². The van der Waals surface area contributed by atoms with Gasteiger partial charge in [-0.1, -0.05) is 23.0 Å². The molecule has 1 saturated heterocycles. The summed E-state index contributed by atoms with van der Waals surface area (Å²) in [5.74, 6) is -0.425. The van der Waals surface area contributed by atoms with Gasteiger partial charge in [0.15, 0.2) is 5.69 Å². The van der Waals surface area contributed by atoms with Crippen LogP contribution in [0.2, 0.25) is 0 Å². The Balaban J connectivity index is 1.57. The first-order valence-electron chi connectivity index (χ1n) is 9.78. The summed E-state index contributed by atoms with van der Waals surface area (Å²) in [4.78, 5) is 25.8. The van der Waals surface area contributed by atoms with Gasteiger partial charge in [-0.25, -0.2) is 10.1 Å². The van der Waals surface area contributed by atoms with E-state index < -0.39 is 10.8 Å². The molecule has 1 aliphatic rings. The van der Waals surface area contributed by atoms with Gasteiger partial charge in [-0.3, -0.25) is 19.8 Å². The highest BCUT2D eigenvalue weighted by Gasteiger charge is 2.28. The van der Waals surface area contributed by atoms with Crippen LogP contribution in [0.25, 0.3) is 5.82 Å². The molecule has 0 aromatic carbocycles. The highest BCUT2D eigenvalue weighted by atomic mass is 32.1. The van der Waals surface area contributed by atoms with Crippen molar-refractivity contribution >= 4 is 34.3 Å². The van der Waals surface area contributed by atoms with Gasteiger partial charge >= 0.3 is 5.00 Å². The molecule has 32 heavy (non-hydrogen) atoms. The number of nitrogens with zero attached hydrogens (tertiary/aromatic N) is 8. The number of nitrogens with two attached hydrogens (primary N) is 1. The molecule has 0 saturated carbocycles. The van der Waals surface area contributed by atoms with Gasteiger partial charge in [-0.05, 0) is 42.7 Å². The zero-order valence-corrected chi connectivity index (χ0v) is 17.9. The number of hydrogen-bond acceptors (Lipinski definition) is 12. The number of nitro groups is 1. The van der Waals surface area contributed by atoms with E-state index in [-0.39, 0.29) is 22.3 Å². The van der Waals surface area contributed by atoms with Crippen molar-refractivity contribution in [3.05, 3.63) is 38.5 Å². The van der Waals surface area contributed by atoms with Gasteiger partial charge in [0.2, 0.25) is 11.6 Å². The molecule has 1 unspecified atom stereocenters. The van der Waals surface area contributed by atoms with E-state index in [1.807, 2.05) is 0 Å². The van der Waals surface area contributed by atoms with Crippen LogP contribution in [0.4, 0.5) is 10.8 Å². The van der Waals surface area contributed by atoms with E-state index in [0.717, 1.165) is 37.1 Å². The number of hydrazone groups is 1. The Morgan fingerprint density at radius 2 is 2.31 bits per heavy atom. The minimum Gasteiger partial charge on any atom is -0.378 e. The zero-order chi connectivity index (χ0) is 22.7. The molecule has 3 N–H and O–H groups in total. The summed E-state index contributed by atoms with van der Waals surface area (Å²) in [7, 11) is 0. The van der Waals surface area contributed by atoms with E-state index in [2.05, 4.69) is 47.6 Å². The van der Waals surface area contributed by atoms with E-state index in [4.69, 9.17) is 5.73 Å². The Morgan fingerprint density at radius 1 is 1.47 bits per heavy atom. The summed E-state index contributed by atoms with van der Waals surface area (Å²) in [6.45, 7) is 3.39. The number of carbonyl (C=O) groups is 1. The largest absolute Gasteiger partial charge is 0.378 e. The fourth-order valence-electron chi connectivity index (χ4n) is 3.43. The fourth-order valence-corrected chi connectivity index (χ4v) is 4.12. The molecule has 3 aromatic rings. The minimum absolute atomic E-state index is 0.0162. The van der Waals surface area contributed by atoms with Crippen LogP contribution in [-0.2, 0) is 6.54 Å². The third-order valence-electron chi connectivity index (χ3n) is 5.12. The molecular weight excluding hydrogens is 440 g/mol. The smallest absolute Gasteiger partial charge is 0.324 e. The van der Waals surface area contributed by atoms with Crippen LogP contribution in [-0.4, -0.2) is 59.8 Å². The molecule has 1 fully saturated rings. The van der Waals surface area contributed by atoms with Crippen molar-refractivity contribution in [3.8, 4) is 5.82 Å². The number of rotatable bonds is 7. The highest BCUT2D eigenvalue weighted by molar-refractivity contribution is 7.16. The summed E-state index contributed by atoms with van der Waals surface area (Å²) in [6.07, 6.45) is 4.58. The Bertz CT molecular complexity index is 1150. The molecule has 168 valence electrons. The number of thiophene rings is 1. The quantitative estimate of drug-likeness (QED) is 0.296. The fraction of sp³-hybridized carbons (Fsp3) is 0.412. The number of amides is 1. The van der Waals surface area contributed by atoms with E-state index >= 15 is 0 Å². The van der Waals surface area contributed by atoms with E-state index in [1.54, 1.807) is 0 Å². The number of nitrogens with one attached hydrogen (secondary N) is 1. The number of anilines is 1. The lowest BCUT2D eigenvalue weighted by molar-refractivity contribution is -0.380. The molecule has 3 aromatic heterocycles. The normalized spacial score (nSPS) is 17.1. The topological polar surface area (TPSA) is 183 Å². The first kappa shape index (κ1) is 21.5. The van der Waals surface area contributed by atoms with Crippen LogP contribution in [0.15, 0.2) is 21.9 Å². The summed E-state index contributed by atoms with van der Waals surface area (Å²) in [5, 5.41) is 30.0. The zero-order valence-electron chi connectivity index (χ0n) is 17.0. The molecule has 0 aliphatic carbocycles. The van der Waals surface area contributed by atoms with Crippen molar-refractivity contribution < 1.29 is 14.3 Å². The van der Waals surface area contributed by atoms with Crippen molar-refractivity contribution in [1.82, 2.24) is 35.6 Å². The van der Waals surface area contributed by atoms with Gasteiger partial charge in [0.05, 0.1) is 21.7 Å². The van der Waals surface area contributed by atoms with Crippen molar-refractivity contribution in [2.75, 3.05) is 12.3 Å². The molecule has 1 amide bonds. The highest BCUT2D eigenvalue weighted by Crippen LogP contribution is 2.23. The molecule has 1 atom stereocenters. The second-order valence-corrected chi connectivity index (χ2v) is 8.31. The van der Waals surface area contributed by atoms with Gasteiger partial charge in [0.1, 0.15) is 0 Å². The molecular formula is C17H20N10O4S. The predicted molar refractivity (Wildman–Crippen MR) is 113 cm³/mol. The van der Waals surface area contributed by atoms with Crippen LogP contribution in [0.1, 0.15) is 47.2 Å². The molecule has 0 spiro atoms. The summed E-state index contributed by atoms with van der Waals surface area (Å²) in [5.41, 5.74) is 8.73. The molecule has 15 heteroatoms. The molecule has 0 radical (unpaired) electrons. The number of aromatic nitrogens is 5. The lowest BCUT2D eigenvalue weighted by Gasteiger charge is -2.33. The molecule has 14 nitrogen and oxygen atoms in total. The van der Waals surface area contributed by atoms with Gasteiger partial charge in [-0.15, -0.1) is 5.10 Å². The first-order valence-corrected chi connectivity index (χ1v) is 10.6. The van der Waals surface area contributed by atoms with Gasteiger partial charge < -0.3 is 5.73 Å². The van der Waals surface area contributed by atoms with Crippen molar-refractivity contribution in [2.45, 2.75) is 38.8 Å². The van der Waals surface area contributed by atoms with E-state index in [0.29, 0.717) is 23.2 Å². The summed E-state index contributed by atoms with van der Waals surface area (Å²) < 4.78 is 6.01. The predicted octanol–water partition coefficient (Wildman–Crippen LogP) is 1.34. The monoisotopic (exact) mass is 460 g/mol. The van der Waals surface area contributed by atoms with Gasteiger partial charge in [0, 0.05) is 18.7 Å². The summed E-state index contributed by atoms with van der Waals surface area (Å²) >= 11 is 0.941. The minimum atomic E-state index is -0.590. The Labute approximate surface area is 185 Å². The third kappa shape index (κ3) is 4.47. The lowest BCUT2D eigenvalue weighted by Crippen LogP contribution is -2.38. The van der Waals surface area contributed by atoms with Crippen molar-refractivity contribution in [3.63, 3.8) is 0 Å². The van der Waals surface area contributed by atoms with Crippen LogP contribution < -0.4 is 11.2 Å². The number of nitrogen functional groups attached to an aromatic ring is 1. The Morgan fingerprint density at radius 3 is 3.00 bits per heavy atom. The van der Waals surface area contributed by atoms with E-state index in [9.17, 15) is 14.9 Å². The van der Waals surface area contributed by atoms with Crippen LogP contribution in [0, 0.1) is 10.1 Å². The van der Waals surface area contributed by atoms with Gasteiger partial charge in [-0.2, -0.15) is 9.78 Å². The van der Waals surface area contributed by atoms with Crippen LogP contribution >= 0.6 is 11.3 Å². The number of piperidine rings is 1. The van der Waals surface area contributed by atoms with Gasteiger partial charge in [0.25, 0.3) is 5.91 Å². The number of hydrogen-bond donors (Lipinski definition) is 2. The standard InChI is InChI=1S/C17H20N10O4S/c1-10-4-2-3-7-25(10)9-12-14(20-24-26(12)16-15(18)22-31-23-16)17(28)21-19-8-11-5-6-13(32-11)27(29)30/h5-6,8,10H,2-4,7,9H2,1H3,(H2,18,22)(H,21,28). The molecule has 1 aliphatic heterocycles. The second kappa shape index (κ2) is 9.19. The molecule has 0 bridgehead atoms. The Hall–Kier alpha value is -3.72. The third-order valence-corrected chi connectivity index (χ3v) is 6.09. The number of carbonyl (C=O) groups excluding carboxylic acids is 1. The summed E-state index contributed by atoms with van der Waals surface area (Å²) in [6, 6.07) is 3.23. The average molecular weight is 460 g/mol. The first-order chi connectivity index (χ1) is 15.4. The average Bonchev–Trinajstić information content (AvgIpc) is 3.49. The molecule has 4 rings (SSSR count). The lowest BCUT2D eigenvalue weighted by atomic mass is 10.0. The maximum Gasteiger partial charge on any atom is 0.324 e. The maximum atomic E-state index is 12.8. The second-order valence-electron chi connectivity index (χ2n) is 7.22. The van der Waals surface area contributed by atoms with Crippen molar-refractivity contribution in [2.24, 2.45) is 5.10 Å². The van der Waals surface area contributed by atoms with Crippen molar-refractivity contribution in [1.29, 1.82) is 0 Å². The number of likely N-dealkylation sites (tertiary alicyclic amines) is 1. The van der Waals surface area contributed by atoms with E-state index in [1.165, 1.54) is 23.0 Å². The molecule has 4 heterocycles. The Kier molecular flexibility index (Phi) is 6.18. The maximum absolute atomic E-state index is 12.8.